The molecular formula is C24H36FN7O. The molecule has 9 heteroatoms. The highest BCUT2D eigenvalue weighted by Crippen LogP contribution is 2.25. The number of anilines is 4. The number of hydrogen-bond acceptors (Lipinski definition) is 8. The van der Waals surface area contributed by atoms with Crippen molar-refractivity contribution in [3.05, 3.63) is 24.3 Å². The van der Waals surface area contributed by atoms with Gasteiger partial charge in [0.15, 0.2) is 0 Å². The third kappa shape index (κ3) is 6.90. The summed E-state index contributed by atoms with van der Waals surface area (Å²) in [5.41, 5.74) is 0.725. The number of nitrogens with one attached hydrogen (secondary N) is 4. The summed E-state index contributed by atoms with van der Waals surface area (Å²) in [7, 11) is 0. The van der Waals surface area contributed by atoms with Crippen LogP contribution in [0.1, 0.15) is 51.9 Å². The molecule has 4 N–H and O–H groups in total. The topological polar surface area (TPSA) is 96.0 Å². The number of hydrogen-bond donors (Lipinski definition) is 4. The third-order valence-corrected chi connectivity index (χ3v) is 6.64. The van der Waals surface area contributed by atoms with Gasteiger partial charge in [-0.2, -0.15) is 15.0 Å². The van der Waals surface area contributed by atoms with E-state index in [1.54, 1.807) is 18.2 Å². The van der Waals surface area contributed by atoms with Crippen LogP contribution in [0.2, 0.25) is 0 Å². The molecule has 2 aliphatic rings. The van der Waals surface area contributed by atoms with Crippen LogP contribution in [0.15, 0.2) is 24.3 Å². The average Bonchev–Trinajstić information content (AvgIpc) is 3.37. The highest BCUT2D eigenvalue weighted by molar-refractivity contribution is 5.57. The van der Waals surface area contributed by atoms with E-state index in [0.29, 0.717) is 41.5 Å². The number of alkyl halides is 1. The number of rotatable bonds is 11. The molecule has 2 unspecified atom stereocenters. The highest BCUT2D eigenvalue weighted by atomic mass is 19.1. The molecule has 0 spiro atoms. The molecule has 0 amide bonds. The van der Waals surface area contributed by atoms with Crippen LogP contribution < -0.4 is 26.0 Å². The summed E-state index contributed by atoms with van der Waals surface area (Å²) in [4.78, 5) is 13.9. The van der Waals surface area contributed by atoms with Crippen LogP contribution in [0.4, 0.5) is 27.9 Å². The van der Waals surface area contributed by atoms with E-state index >= 15 is 0 Å². The van der Waals surface area contributed by atoms with Crippen molar-refractivity contribution in [1.29, 1.82) is 0 Å². The van der Waals surface area contributed by atoms with Crippen molar-refractivity contribution in [2.75, 3.05) is 42.4 Å². The summed E-state index contributed by atoms with van der Waals surface area (Å²) < 4.78 is 17.5. The largest absolute Gasteiger partial charge is 0.463 e. The van der Waals surface area contributed by atoms with Crippen LogP contribution in [0.25, 0.3) is 0 Å². The smallest absolute Gasteiger partial charge is 0.233 e. The van der Waals surface area contributed by atoms with E-state index in [-0.39, 0.29) is 0 Å². The normalized spacial score (nSPS) is 19.8. The average molecular weight is 458 g/mol. The first kappa shape index (κ1) is 23.5. The Morgan fingerprint density at radius 1 is 1.09 bits per heavy atom. The predicted octanol–water partition coefficient (Wildman–Crippen LogP) is 4.71. The Hall–Kier alpha value is -2.68. The monoisotopic (exact) mass is 457 g/mol. The van der Waals surface area contributed by atoms with Crippen LogP contribution in [0.3, 0.4) is 0 Å². The Morgan fingerprint density at radius 3 is 2.67 bits per heavy atom. The first-order chi connectivity index (χ1) is 16.2. The minimum absolute atomic E-state index is 0.294. The van der Waals surface area contributed by atoms with Crippen molar-refractivity contribution in [1.82, 2.24) is 20.3 Å². The van der Waals surface area contributed by atoms with Gasteiger partial charge in [-0.1, -0.05) is 32.3 Å². The van der Waals surface area contributed by atoms with Gasteiger partial charge >= 0.3 is 0 Å². The van der Waals surface area contributed by atoms with Crippen LogP contribution in [-0.2, 0) is 0 Å². The lowest BCUT2D eigenvalue weighted by molar-refractivity contribution is 0.192. The molecule has 1 aromatic heterocycles. The molecule has 0 radical (unpaired) electrons. The fourth-order valence-corrected chi connectivity index (χ4v) is 4.80. The van der Waals surface area contributed by atoms with Gasteiger partial charge in [-0.25, -0.2) is 4.39 Å². The highest BCUT2D eigenvalue weighted by Gasteiger charge is 2.24. The molecule has 180 valence electrons. The zero-order valence-corrected chi connectivity index (χ0v) is 19.4. The second-order valence-corrected chi connectivity index (χ2v) is 9.01. The maximum atomic E-state index is 12.6. The predicted molar refractivity (Wildman–Crippen MR) is 130 cm³/mol. The Labute approximate surface area is 195 Å². The van der Waals surface area contributed by atoms with E-state index in [9.17, 15) is 4.39 Å². The van der Waals surface area contributed by atoms with Gasteiger partial charge in [-0.15, -0.1) is 0 Å². The maximum Gasteiger partial charge on any atom is 0.233 e. The first-order valence-corrected chi connectivity index (χ1v) is 12.3. The molecule has 2 atom stereocenters. The van der Waals surface area contributed by atoms with Gasteiger partial charge in [0.25, 0.3) is 0 Å². The molecular weight excluding hydrogens is 421 g/mol. The van der Waals surface area contributed by atoms with Crippen LogP contribution in [-0.4, -0.2) is 47.5 Å². The minimum atomic E-state index is -0.868. The second-order valence-electron chi connectivity index (χ2n) is 9.01. The number of aromatic nitrogens is 3. The Bertz CT molecular complexity index is 872. The fourth-order valence-electron chi connectivity index (χ4n) is 4.80. The van der Waals surface area contributed by atoms with Gasteiger partial charge in [-0.05, 0) is 62.7 Å². The summed E-state index contributed by atoms with van der Waals surface area (Å²) in [6.07, 6.45) is 8.58. The Balaban J connectivity index is 1.51. The number of benzene rings is 1. The lowest BCUT2D eigenvalue weighted by Gasteiger charge is -2.24. The van der Waals surface area contributed by atoms with Crippen molar-refractivity contribution in [3.8, 4) is 5.75 Å². The molecule has 0 bridgehead atoms. The minimum Gasteiger partial charge on any atom is -0.463 e. The van der Waals surface area contributed by atoms with E-state index in [1.165, 1.54) is 32.1 Å². The fraction of sp³-hybridized carbons (Fsp3) is 0.625. The lowest BCUT2D eigenvalue weighted by atomic mass is 9.89. The molecule has 2 heterocycles. The summed E-state index contributed by atoms with van der Waals surface area (Å²) in [6.45, 7) is 4.25. The molecule has 1 saturated carbocycles. The second kappa shape index (κ2) is 12.0. The summed E-state index contributed by atoms with van der Waals surface area (Å²) in [5, 5.41) is 13.7. The molecule has 2 aromatic rings. The quantitative estimate of drug-likeness (QED) is 0.385. The van der Waals surface area contributed by atoms with Crippen molar-refractivity contribution < 1.29 is 9.13 Å². The lowest BCUT2D eigenvalue weighted by Crippen LogP contribution is -2.31. The summed E-state index contributed by atoms with van der Waals surface area (Å²) in [6, 6.07) is 7.41. The van der Waals surface area contributed by atoms with Crippen LogP contribution in [0.5, 0.6) is 5.75 Å². The van der Waals surface area contributed by atoms with Crippen molar-refractivity contribution in [2.45, 2.75) is 57.9 Å². The van der Waals surface area contributed by atoms with E-state index < -0.39 is 6.86 Å². The Kier molecular flexibility index (Phi) is 8.52. The first-order valence-electron chi connectivity index (χ1n) is 12.3. The zero-order chi connectivity index (χ0) is 22.9. The standard InChI is InChI=1S/C24H36FN7O/c1-2-21(18-11-12-26-15-18)29-24-31-22(27-14-17-7-4-3-5-8-17)30-23(32-24)28-19-9-6-10-20(13-19)33-16-25/h6,9-10,13,17-18,21,26H,2-5,7-8,11-12,14-16H2,1H3,(H3,27,28,29,30,31,32). The van der Waals surface area contributed by atoms with E-state index in [0.717, 1.165) is 38.2 Å². The van der Waals surface area contributed by atoms with E-state index in [2.05, 4.69) is 43.1 Å². The SMILES string of the molecule is CCC(Nc1nc(NCC2CCCCC2)nc(Nc2cccc(OCF)c2)n1)C1CCNC1. The molecule has 2 fully saturated rings. The number of halogens is 1. The Morgan fingerprint density at radius 2 is 1.91 bits per heavy atom. The van der Waals surface area contributed by atoms with Gasteiger partial charge in [-0.3, -0.25) is 0 Å². The zero-order valence-electron chi connectivity index (χ0n) is 19.4. The third-order valence-electron chi connectivity index (χ3n) is 6.64. The molecule has 1 aromatic carbocycles. The molecule has 8 nitrogen and oxygen atoms in total. The maximum absolute atomic E-state index is 12.6. The molecule has 33 heavy (non-hydrogen) atoms. The van der Waals surface area contributed by atoms with Gasteiger partial charge in [0.1, 0.15) is 5.75 Å². The molecule has 1 aliphatic carbocycles. The van der Waals surface area contributed by atoms with Gasteiger partial charge in [0, 0.05) is 24.3 Å². The van der Waals surface area contributed by atoms with Gasteiger partial charge in [0.05, 0.1) is 0 Å². The van der Waals surface area contributed by atoms with E-state index in [4.69, 9.17) is 4.74 Å². The number of ether oxygens (including phenoxy) is 1. The van der Waals surface area contributed by atoms with Crippen LogP contribution >= 0.6 is 0 Å². The molecule has 1 aliphatic heterocycles. The number of nitrogens with zero attached hydrogens (tertiary/aromatic N) is 3. The van der Waals surface area contributed by atoms with E-state index in [1.807, 2.05) is 6.07 Å². The van der Waals surface area contributed by atoms with Crippen molar-refractivity contribution >= 4 is 23.5 Å². The van der Waals surface area contributed by atoms with Gasteiger partial charge < -0.3 is 26.0 Å². The summed E-state index contributed by atoms with van der Waals surface area (Å²) in [5.74, 6) is 3.23. The molecule has 1 saturated heterocycles. The summed E-state index contributed by atoms with van der Waals surface area (Å²) >= 11 is 0. The molecule has 4 rings (SSSR count). The van der Waals surface area contributed by atoms with Crippen LogP contribution in [0, 0.1) is 11.8 Å². The van der Waals surface area contributed by atoms with Gasteiger partial charge in [0.2, 0.25) is 24.7 Å². The van der Waals surface area contributed by atoms with Crippen molar-refractivity contribution in [2.24, 2.45) is 11.8 Å². The van der Waals surface area contributed by atoms with Crippen molar-refractivity contribution in [3.63, 3.8) is 0 Å².